The highest BCUT2D eigenvalue weighted by Crippen LogP contribution is 2.34. The number of piperidine rings is 1. The number of rotatable bonds is 4. The summed E-state index contributed by atoms with van der Waals surface area (Å²) in [4.78, 5) is 26.2. The molecule has 5 nitrogen and oxygen atoms in total. The smallest absolute Gasteiger partial charge is 0.265 e. The maximum absolute atomic E-state index is 12.9. The van der Waals surface area contributed by atoms with Gasteiger partial charge in [-0.2, -0.15) is 0 Å². The van der Waals surface area contributed by atoms with Crippen molar-refractivity contribution < 1.29 is 4.79 Å². The molecule has 1 amide bonds. The highest BCUT2D eigenvalue weighted by atomic mass is 32.2. The van der Waals surface area contributed by atoms with E-state index in [1.807, 2.05) is 38.3 Å². The molecule has 0 atom stereocenters. The van der Waals surface area contributed by atoms with E-state index in [-0.39, 0.29) is 5.91 Å². The number of benzene rings is 1. The van der Waals surface area contributed by atoms with Crippen LogP contribution in [-0.2, 0) is 0 Å². The van der Waals surface area contributed by atoms with Crippen LogP contribution in [0.25, 0.3) is 10.2 Å². The Bertz CT molecular complexity index is 1000. The van der Waals surface area contributed by atoms with Crippen LogP contribution in [0.3, 0.4) is 0 Å². The molecule has 1 aliphatic rings. The molecule has 146 valence electrons. The normalized spacial score (nSPS) is 14.5. The lowest BCUT2D eigenvalue weighted by Gasteiger charge is -2.28. The Kier molecular flexibility index (Phi) is 5.55. The minimum atomic E-state index is -0.0942. The molecule has 28 heavy (non-hydrogen) atoms. The summed E-state index contributed by atoms with van der Waals surface area (Å²) < 4.78 is 0. The molecule has 0 saturated carbocycles. The summed E-state index contributed by atoms with van der Waals surface area (Å²) in [5.41, 5.74) is 3.09. The molecule has 1 saturated heterocycles. The lowest BCUT2D eigenvalue weighted by atomic mass is 10.1. The third kappa shape index (κ3) is 4.00. The predicted molar refractivity (Wildman–Crippen MR) is 119 cm³/mol. The number of amides is 1. The largest absolute Gasteiger partial charge is 0.356 e. The van der Waals surface area contributed by atoms with Crippen molar-refractivity contribution in [3.05, 3.63) is 40.3 Å². The van der Waals surface area contributed by atoms with Gasteiger partial charge in [-0.25, -0.2) is 9.97 Å². The molecule has 0 bridgehead atoms. The second kappa shape index (κ2) is 8.09. The molecule has 1 aromatic carbocycles. The van der Waals surface area contributed by atoms with E-state index < -0.39 is 0 Å². The predicted octanol–water partition coefficient (Wildman–Crippen LogP) is 5.27. The Morgan fingerprint density at radius 2 is 1.79 bits per heavy atom. The van der Waals surface area contributed by atoms with Gasteiger partial charge in [0.25, 0.3) is 5.91 Å². The summed E-state index contributed by atoms with van der Waals surface area (Å²) in [6, 6.07) is 8.03. The zero-order valence-electron chi connectivity index (χ0n) is 16.4. The zero-order valence-corrected chi connectivity index (χ0v) is 18.0. The Morgan fingerprint density at radius 3 is 2.46 bits per heavy atom. The standard InChI is InChI=1S/C21H24N4OS2/c1-13-9-14(2)11-15(10-13)22-19(26)17-12-16-18(25-7-5-4-6-8-25)23-21(27-3)24-20(16)28-17/h9-12H,4-8H2,1-3H3,(H,22,26). The van der Waals surface area contributed by atoms with Crippen LogP contribution >= 0.6 is 23.1 Å². The molecule has 3 heterocycles. The van der Waals surface area contributed by atoms with E-state index >= 15 is 0 Å². The van der Waals surface area contributed by atoms with Crippen molar-refractivity contribution in [1.82, 2.24) is 9.97 Å². The molecular formula is C21H24N4OS2. The zero-order chi connectivity index (χ0) is 19.7. The number of hydrogen-bond donors (Lipinski definition) is 1. The van der Waals surface area contributed by atoms with Crippen molar-refractivity contribution in [2.45, 2.75) is 38.3 Å². The van der Waals surface area contributed by atoms with Crippen molar-refractivity contribution >= 4 is 50.7 Å². The van der Waals surface area contributed by atoms with Gasteiger partial charge in [0.1, 0.15) is 10.6 Å². The molecule has 2 aromatic heterocycles. The van der Waals surface area contributed by atoms with Gasteiger partial charge in [0.2, 0.25) is 0 Å². The van der Waals surface area contributed by atoms with Crippen molar-refractivity contribution in [3.63, 3.8) is 0 Å². The number of carbonyl (C=O) groups is 1. The van der Waals surface area contributed by atoms with Gasteiger partial charge in [0.15, 0.2) is 5.16 Å². The highest BCUT2D eigenvalue weighted by molar-refractivity contribution is 7.98. The van der Waals surface area contributed by atoms with E-state index in [1.165, 1.54) is 30.6 Å². The first-order chi connectivity index (χ1) is 13.5. The van der Waals surface area contributed by atoms with Crippen molar-refractivity contribution in [3.8, 4) is 0 Å². The topological polar surface area (TPSA) is 58.1 Å². The van der Waals surface area contributed by atoms with Gasteiger partial charge in [-0.3, -0.25) is 4.79 Å². The third-order valence-corrected chi connectivity index (χ3v) is 6.47. The lowest BCUT2D eigenvalue weighted by Crippen LogP contribution is -2.30. The number of anilines is 2. The number of thioether (sulfide) groups is 1. The van der Waals surface area contributed by atoms with Crippen molar-refractivity contribution in [2.24, 2.45) is 0 Å². The molecule has 0 aliphatic carbocycles. The van der Waals surface area contributed by atoms with Crippen LogP contribution < -0.4 is 10.2 Å². The van der Waals surface area contributed by atoms with Gasteiger partial charge in [0.05, 0.1) is 10.3 Å². The number of aryl methyl sites for hydroxylation is 2. The van der Waals surface area contributed by atoms with E-state index in [4.69, 9.17) is 4.98 Å². The summed E-state index contributed by atoms with van der Waals surface area (Å²) in [6.07, 6.45) is 5.63. The average Bonchev–Trinajstić information content (AvgIpc) is 3.11. The van der Waals surface area contributed by atoms with Crippen LogP contribution in [0.5, 0.6) is 0 Å². The molecule has 1 N–H and O–H groups in total. The van der Waals surface area contributed by atoms with Gasteiger partial charge in [-0.1, -0.05) is 17.8 Å². The van der Waals surface area contributed by atoms with Gasteiger partial charge in [0, 0.05) is 18.8 Å². The number of nitrogens with one attached hydrogen (secondary N) is 1. The Morgan fingerprint density at radius 1 is 1.07 bits per heavy atom. The number of nitrogens with zero attached hydrogens (tertiary/aromatic N) is 3. The first-order valence-corrected chi connectivity index (χ1v) is 11.6. The quantitative estimate of drug-likeness (QED) is 0.467. The molecule has 7 heteroatoms. The highest BCUT2D eigenvalue weighted by Gasteiger charge is 2.21. The average molecular weight is 413 g/mol. The van der Waals surface area contributed by atoms with Crippen molar-refractivity contribution in [2.75, 3.05) is 29.6 Å². The maximum Gasteiger partial charge on any atom is 0.265 e. The van der Waals surface area contributed by atoms with Crippen LogP contribution in [0, 0.1) is 13.8 Å². The Labute approximate surface area is 173 Å². The number of aromatic nitrogens is 2. The van der Waals surface area contributed by atoms with Crippen LogP contribution in [-0.4, -0.2) is 35.2 Å². The number of carbonyl (C=O) groups excluding carboxylic acids is 1. The van der Waals surface area contributed by atoms with Gasteiger partial charge in [-0.05, 0) is 68.7 Å². The molecule has 0 radical (unpaired) electrons. The van der Waals surface area contributed by atoms with Crippen LogP contribution in [0.15, 0.2) is 29.4 Å². The molecular weight excluding hydrogens is 388 g/mol. The number of hydrogen-bond acceptors (Lipinski definition) is 6. The minimum Gasteiger partial charge on any atom is -0.356 e. The lowest BCUT2D eigenvalue weighted by molar-refractivity contribution is 0.103. The van der Waals surface area contributed by atoms with Crippen LogP contribution in [0.2, 0.25) is 0 Å². The third-order valence-electron chi connectivity index (χ3n) is 4.89. The van der Waals surface area contributed by atoms with E-state index in [0.29, 0.717) is 4.88 Å². The molecule has 4 rings (SSSR count). The van der Waals surface area contributed by atoms with Gasteiger partial charge in [-0.15, -0.1) is 11.3 Å². The van der Waals surface area contributed by atoms with Gasteiger partial charge < -0.3 is 10.2 Å². The fourth-order valence-corrected chi connectivity index (χ4v) is 5.02. The van der Waals surface area contributed by atoms with Crippen molar-refractivity contribution in [1.29, 1.82) is 0 Å². The number of thiophene rings is 1. The maximum atomic E-state index is 12.9. The Hall–Kier alpha value is -2.12. The fraction of sp³-hybridized carbons (Fsp3) is 0.381. The minimum absolute atomic E-state index is 0.0942. The molecule has 1 aliphatic heterocycles. The summed E-state index contributed by atoms with van der Waals surface area (Å²) in [5, 5.41) is 4.78. The van der Waals surface area contributed by atoms with Crippen LogP contribution in [0.1, 0.15) is 40.1 Å². The first kappa shape index (κ1) is 19.2. The van der Waals surface area contributed by atoms with E-state index in [0.717, 1.165) is 51.1 Å². The summed E-state index contributed by atoms with van der Waals surface area (Å²) in [6.45, 7) is 6.10. The summed E-state index contributed by atoms with van der Waals surface area (Å²) in [7, 11) is 0. The second-order valence-corrected chi connectivity index (χ2v) is 9.05. The molecule has 0 spiro atoms. The van der Waals surface area contributed by atoms with Gasteiger partial charge >= 0.3 is 0 Å². The monoisotopic (exact) mass is 412 g/mol. The van der Waals surface area contributed by atoms with E-state index in [1.54, 1.807) is 11.8 Å². The summed E-state index contributed by atoms with van der Waals surface area (Å²) >= 11 is 2.98. The fourth-order valence-electron chi connectivity index (χ4n) is 3.68. The summed E-state index contributed by atoms with van der Waals surface area (Å²) in [5.74, 6) is 0.874. The Balaban J connectivity index is 1.69. The SMILES string of the molecule is CSc1nc(N2CCCCC2)c2cc(C(=O)Nc3cc(C)cc(C)c3)sc2n1. The number of fused-ring (bicyclic) bond motifs is 1. The molecule has 3 aromatic rings. The second-order valence-electron chi connectivity index (χ2n) is 7.24. The van der Waals surface area contributed by atoms with E-state index in [2.05, 4.69) is 21.3 Å². The molecule has 1 fully saturated rings. The molecule has 0 unspecified atom stereocenters. The van der Waals surface area contributed by atoms with Crippen LogP contribution in [0.4, 0.5) is 11.5 Å². The van der Waals surface area contributed by atoms with E-state index in [9.17, 15) is 4.79 Å². The first-order valence-electron chi connectivity index (χ1n) is 9.53.